The standard InChI is InChI=1S/C7H7N5S/c1-6(2-9-5-8-1)3-10-7-4-11-12-13-7/h1-2,4-5,10H,3H2. The zero-order valence-electron chi connectivity index (χ0n) is 6.71. The molecule has 0 unspecified atom stereocenters. The van der Waals surface area contributed by atoms with Crippen LogP contribution in [-0.4, -0.2) is 19.6 Å². The number of hydrogen-bond acceptors (Lipinski definition) is 6. The van der Waals surface area contributed by atoms with Crippen molar-refractivity contribution < 1.29 is 0 Å². The van der Waals surface area contributed by atoms with Crippen molar-refractivity contribution in [3.05, 3.63) is 30.5 Å². The Morgan fingerprint density at radius 3 is 2.77 bits per heavy atom. The summed E-state index contributed by atoms with van der Waals surface area (Å²) in [6.45, 7) is 0.699. The summed E-state index contributed by atoms with van der Waals surface area (Å²) in [5.74, 6) is 0. The lowest BCUT2D eigenvalue weighted by Gasteiger charge is -1.99. The van der Waals surface area contributed by atoms with E-state index in [2.05, 4.69) is 24.9 Å². The van der Waals surface area contributed by atoms with Crippen LogP contribution in [-0.2, 0) is 6.54 Å². The number of nitrogens with zero attached hydrogens (tertiary/aromatic N) is 4. The molecular weight excluding hydrogens is 186 g/mol. The Morgan fingerprint density at radius 2 is 2.08 bits per heavy atom. The van der Waals surface area contributed by atoms with Crippen molar-refractivity contribution in [1.82, 2.24) is 19.6 Å². The van der Waals surface area contributed by atoms with Crippen LogP contribution in [0.2, 0.25) is 0 Å². The molecule has 66 valence electrons. The first kappa shape index (κ1) is 8.06. The van der Waals surface area contributed by atoms with Gasteiger partial charge in [-0.15, -0.1) is 5.10 Å². The molecule has 0 saturated carbocycles. The zero-order valence-corrected chi connectivity index (χ0v) is 7.53. The molecule has 1 N–H and O–H groups in total. The van der Waals surface area contributed by atoms with Gasteiger partial charge in [0.25, 0.3) is 0 Å². The fraction of sp³-hybridized carbons (Fsp3) is 0.143. The van der Waals surface area contributed by atoms with Crippen molar-refractivity contribution in [3.63, 3.8) is 0 Å². The van der Waals surface area contributed by atoms with Crippen molar-refractivity contribution in [2.45, 2.75) is 6.54 Å². The van der Waals surface area contributed by atoms with Gasteiger partial charge in [0.2, 0.25) is 0 Å². The molecule has 2 aromatic heterocycles. The SMILES string of the molecule is c1ncc(CNc2cnns2)cn1. The van der Waals surface area contributed by atoms with Gasteiger partial charge in [0.15, 0.2) is 0 Å². The largest absolute Gasteiger partial charge is 0.370 e. The number of hydrogen-bond donors (Lipinski definition) is 1. The van der Waals surface area contributed by atoms with Crippen molar-refractivity contribution in [2.75, 3.05) is 5.32 Å². The van der Waals surface area contributed by atoms with E-state index in [9.17, 15) is 0 Å². The second kappa shape index (κ2) is 3.90. The number of aromatic nitrogens is 4. The third-order valence-electron chi connectivity index (χ3n) is 1.44. The van der Waals surface area contributed by atoms with Crippen LogP contribution in [0.5, 0.6) is 0 Å². The number of nitrogens with one attached hydrogen (secondary N) is 1. The molecule has 0 saturated heterocycles. The van der Waals surface area contributed by atoms with Crippen LogP contribution in [0.25, 0.3) is 0 Å². The minimum Gasteiger partial charge on any atom is -0.370 e. The Kier molecular flexibility index (Phi) is 2.42. The minimum absolute atomic E-state index is 0.699. The normalized spacial score (nSPS) is 9.85. The highest BCUT2D eigenvalue weighted by atomic mass is 32.1. The zero-order chi connectivity index (χ0) is 8.93. The molecule has 5 nitrogen and oxygen atoms in total. The van der Waals surface area contributed by atoms with Crippen molar-refractivity contribution >= 4 is 16.5 Å². The Hall–Kier alpha value is -1.56. The first-order valence-corrected chi connectivity index (χ1v) is 4.47. The Balaban J connectivity index is 1.94. The maximum atomic E-state index is 3.91. The van der Waals surface area contributed by atoms with Crippen LogP contribution >= 0.6 is 11.5 Å². The van der Waals surface area contributed by atoms with E-state index < -0.39 is 0 Å². The van der Waals surface area contributed by atoms with E-state index in [1.54, 1.807) is 18.6 Å². The van der Waals surface area contributed by atoms with Crippen LogP contribution in [0.4, 0.5) is 5.00 Å². The van der Waals surface area contributed by atoms with E-state index in [1.807, 2.05) is 0 Å². The van der Waals surface area contributed by atoms with Crippen LogP contribution in [0, 0.1) is 0 Å². The highest BCUT2D eigenvalue weighted by Gasteiger charge is 1.95. The summed E-state index contributed by atoms with van der Waals surface area (Å²) >= 11 is 1.33. The molecule has 13 heavy (non-hydrogen) atoms. The highest BCUT2D eigenvalue weighted by Crippen LogP contribution is 2.10. The summed E-state index contributed by atoms with van der Waals surface area (Å²) in [5, 5.41) is 7.81. The first-order chi connectivity index (χ1) is 6.45. The van der Waals surface area contributed by atoms with Crippen LogP contribution in [0.3, 0.4) is 0 Å². The maximum Gasteiger partial charge on any atom is 0.130 e. The molecule has 0 bridgehead atoms. The summed E-state index contributed by atoms with van der Waals surface area (Å²) in [5.41, 5.74) is 1.04. The molecule has 0 aliphatic rings. The van der Waals surface area contributed by atoms with Crippen molar-refractivity contribution in [3.8, 4) is 0 Å². The molecule has 0 aliphatic carbocycles. The Morgan fingerprint density at radius 1 is 1.23 bits per heavy atom. The molecule has 2 heterocycles. The van der Waals surface area contributed by atoms with Crippen molar-refractivity contribution in [2.24, 2.45) is 0 Å². The summed E-state index contributed by atoms with van der Waals surface area (Å²) < 4.78 is 3.73. The molecule has 0 amide bonds. The van der Waals surface area contributed by atoms with E-state index in [4.69, 9.17) is 0 Å². The third-order valence-corrected chi connectivity index (χ3v) is 2.06. The molecule has 0 aromatic carbocycles. The van der Waals surface area contributed by atoms with Gasteiger partial charge in [-0.1, -0.05) is 4.49 Å². The lowest BCUT2D eigenvalue weighted by atomic mass is 10.3. The van der Waals surface area contributed by atoms with E-state index in [-0.39, 0.29) is 0 Å². The van der Waals surface area contributed by atoms with Gasteiger partial charge >= 0.3 is 0 Å². The average Bonchev–Trinajstić information content (AvgIpc) is 2.69. The Labute approximate surface area is 79.0 Å². The molecule has 0 radical (unpaired) electrons. The fourth-order valence-electron chi connectivity index (χ4n) is 0.855. The summed E-state index contributed by atoms with van der Waals surface area (Å²) in [4.78, 5) is 7.81. The van der Waals surface area contributed by atoms with Gasteiger partial charge in [0.1, 0.15) is 11.3 Å². The molecule has 6 heteroatoms. The molecule has 2 aromatic rings. The lowest BCUT2D eigenvalue weighted by molar-refractivity contribution is 1.05. The molecular formula is C7H7N5S. The Bertz CT molecular complexity index is 346. The van der Waals surface area contributed by atoms with E-state index in [1.165, 1.54) is 17.9 Å². The average molecular weight is 193 g/mol. The maximum absolute atomic E-state index is 3.91. The predicted octanol–water partition coefficient (Wildman–Crippen LogP) is 0.940. The van der Waals surface area contributed by atoms with Crippen LogP contribution in [0.1, 0.15) is 5.56 Å². The van der Waals surface area contributed by atoms with E-state index >= 15 is 0 Å². The van der Waals surface area contributed by atoms with Gasteiger partial charge in [-0.2, -0.15) is 0 Å². The smallest absolute Gasteiger partial charge is 0.130 e. The quantitative estimate of drug-likeness (QED) is 0.786. The highest BCUT2D eigenvalue weighted by molar-refractivity contribution is 7.09. The molecule has 2 rings (SSSR count). The van der Waals surface area contributed by atoms with Gasteiger partial charge in [-0.3, -0.25) is 0 Å². The van der Waals surface area contributed by atoms with E-state index in [0.29, 0.717) is 6.54 Å². The van der Waals surface area contributed by atoms with Crippen LogP contribution in [0.15, 0.2) is 24.9 Å². The topological polar surface area (TPSA) is 63.6 Å². The van der Waals surface area contributed by atoms with Gasteiger partial charge in [0, 0.05) is 36.0 Å². The second-order valence-corrected chi connectivity index (χ2v) is 3.17. The molecule has 0 aliphatic heterocycles. The summed E-state index contributed by atoms with van der Waals surface area (Å²) in [7, 11) is 0. The monoisotopic (exact) mass is 193 g/mol. The summed E-state index contributed by atoms with van der Waals surface area (Å²) in [6, 6.07) is 0. The van der Waals surface area contributed by atoms with Gasteiger partial charge in [-0.25, -0.2) is 9.97 Å². The molecule has 0 spiro atoms. The first-order valence-electron chi connectivity index (χ1n) is 3.70. The minimum atomic E-state index is 0.699. The number of rotatable bonds is 3. The molecule has 0 atom stereocenters. The van der Waals surface area contributed by atoms with Gasteiger partial charge in [-0.05, 0) is 0 Å². The fourth-order valence-corrected chi connectivity index (χ4v) is 1.27. The number of anilines is 1. The van der Waals surface area contributed by atoms with E-state index in [0.717, 1.165) is 10.6 Å². The predicted molar refractivity (Wildman–Crippen MR) is 49.3 cm³/mol. The van der Waals surface area contributed by atoms with Crippen molar-refractivity contribution in [1.29, 1.82) is 0 Å². The van der Waals surface area contributed by atoms with Gasteiger partial charge < -0.3 is 5.32 Å². The van der Waals surface area contributed by atoms with Crippen LogP contribution < -0.4 is 5.32 Å². The summed E-state index contributed by atoms with van der Waals surface area (Å²) in [6.07, 6.45) is 6.75. The lowest BCUT2D eigenvalue weighted by Crippen LogP contribution is -1.98. The molecule has 0 fully saturated rings. The van der Waals surface area contributed by atoms with Gasteiger partial charge in [0.05, 0.1) is 6.20 Å². The second-order valence-electron chi connectivity index (χ2n) is 2.38. The third kappa shape index (κ3) is 2.19.